The van der Waals surface area contributed by atoms with Gasteiger partial charge in [0.1, 0.15) is 29.6 Å². The molecule has 3 heterocycles. The molecule has 0 aliphatic carbocycles. The Morgan fingerprint density at radius 1 is 1.14 bits per heavy atom. The molecule has 0 N–H and O–H groups in total. The van der Waals surface area contributed by atoms with Crippen LogP contribution < -0.4 is 9.80 Å². The van der Waals surface area contributed by atoms with E-state index in [0.29, 0.717) is 12.1 Å². The zero-order valence-corrected chi connectivity index (χ0v) is 20.5. The lowest BCUT2D eigenvalue weighted by molar-refractivity contribution is -0.173. The van der Waals surface area contributed by atoms with Crippen LogP contribution in [0.2, 0.25) is 5.02 Å². The Balaban J connectivity index is 1.86. The SMILES string of the molecule is Cc1cc(C(F)(F)F)cc(N2C(=O)[C@@]3(C)OC(C)(C)O[C@H]3[C@H]2C(=O)N(C)c2cc(Cl)c(F)cc2F)n1. The van der Waals surface area contributed by atoms with Crippen LogP contribution in [-0.2, 0) is 25.2 Å². The molecule has 0 unspecified atom stereocenters. The number of hydrogen-bond acceptors (Lipinski definition) is 5. The average Bonchev–Trinajstić information content (AvgIpc) is 3.11. The molecule has 2 amide bonds. The summed E-state index contributed by atoms with van der Waals surface area (Å²) in [5.74, 6) is -5.77. The van der Waals surface area contributed by atoms with E-state index in [9.17, 15) is 31.5 Å². The standard InChI is InChI=1S/C23H21ClF5N3O4/c1-10-6-11(23(27,28)29)7-16(30-10)32-17(18-22(4,20(32)34)36-21(2,3)35-18)19(33)31(5)15-8-12(24)13(25)9-14(15)26/h6-9,17-18H,1-5H3/t17-,18-,22-/m0/s1. The Labute approximate surface area is 207 Å². The van der Waals surface area contributed by atoms with E-state index in [1.54, 1.807) is 0 Å². The summed E-state index contributed by atoms with van der Waals surface area (Å²) in [6.07, 6.45) is -6.06. The molecule has 3 atom stereocenters. The van der Waals surface area contributed by atoms with Crippen molar-refractivity contribution in [2.75, 3.05) is 16.8 Å². The fraction of sp³-hybridized carbons (Fsp3) is 0.435. The number of carbonyl (C=O) groups is 2. The van der Waals surface area contributed by atoms with Crippen LogP contribution in [0.25, 0.3) is 0 Å². The van der Waals surface area contributed by atoms with Crippen molar-refractivity contribution >= 4 is 34.9 Å². The highest BCUT2D eigenvalue weighted by Gasteiger charge is 2.68. The van der Waals surface area contributed by atoms with Crippen LogP contribution in [0.3, 0.4) is 0 Å². The van der Waals surface area contributed by atoms with Gasteiger partial charge in [-0.25, -0.2) is 13.8 Å². The molecule has 2 aliphatic heterocycles. The second-order valence-corrected chi connectivity index (χ2v) is 9.64. The van der Waals surface area contributed by atoms with Crippen LogP contribution in [0.15, 0.2) is 24.3 Å². The normalized spacial score (nSPS) is 25.3. The number of likely N-dealkylation sites (N-methyl/N-ethyl adjacent to an activating group) is 1. The van der Waals surface area contributed by atoms with Gasteiger partial charge in [-0.15, -0.1) is 0 Å². The molecule has 13 heteroatoms. The van der Waals surface area contributed by atoms with Gasteiger partial charge in [-0.1, -0.05) is 11.6 Å². The highest BCUT2D eigenvalue weighted by atomic mass is 35.5. The summed E-state index contributed by atoms with van der Waals surface area (Å²) in [7, 11) is 1.15. The molecule has 4 rings (SSSR count). The predicted octanol–water partition coefficient (Wildman–Crippen LogP) is 4.63. The van der Waals surface area contributed by atoms with Crippen LogP contribution >= 0.6 is 11.6 Å². The molecule has 2 aliphatic rings. The van der Waals surface area contributed by atoms with Crippen molar-refractivity contribution in [2.24, 2.45) is 0 Å². The van der Waals surface area contributed by atoms with Crippen LogP contribution in [0, 0.1) is 18.6 Å². The van der Waals surface area contributed by atoms with Gasteiger partial charge in [-0.05, 0) is 45.9 Å². The van der Waals surface area contributed by atoms with E-state index in [1.165, 1.54) is 27.7 Å². The van der Waals surface area contributed by atoms with Crippen molar-refractivity contribution in [1.29, 1.82) is 0 Å². The molecule has 0 radical (unpaired) electrons. The van der Waals surface area contributed by atoms with Crippen molar-refractivity contribution in [1.82, 2.24) is 4.98 Å². The molecule has 2 fully saturated rings. The summed E-state index contributed by atoms with van der Waals surface area (Å²) in [6.45, 7) is 5.67. The number of alkyl halides is 3. The Hall–Kier alpha value is -2.83. The number of nitrogens with zero attached hydrogens (tertiary/aromatic N) is 3. The fourth-order valence-electron chi connectivity index (χ4n) is 4.55. The number of aromatic nitrogens is 1. The molecule has 194 valence electrons. The number of hydrogen-bond donors (Lipinski definition) is 0. The molecular weight excluding hydrogens is 513 g/mol. The lowest BCUT2D eigenvalue weighted by Gasteiger charge is -2.31. The minimum absolute atomic E-state index is 0.0621. The molecule has 2 saturated heterocycles. The first-order chi connectivity index (χ1) is 16.5. The van der Waals surface area contributed by atoms with E-state index in [2.05, 4.69) is 4.98 Å². The van der Waals surface area contributed by atoms with E-state index in [1.807, 2.05) is 0 Å². The minimum atomic E-state index is -4.76. The number of aryl methyl sites for hydroxylation is 1. The summed E-state index contributed by atoms with van der Waals surface area (Å²) in [5.41, 5.74) is -3.34. The summed E-state index contributed by atoms with van der Waals surface area (Å²) >= 11 is 5.76. The third-order valence-electron chi connectivity index (χ3n) is 6.07. The molecule has 0 saturated carbocycles. The Morgan fingerprint density at radius 2 is 1.78 bits per heavy atom. The van der Waals surface area contributed by atoms with Crippen molar-refractivity contribution in [3.8, 4) is 0 Å². The summed E-state index contributed by atoms with van der Waals surface area (Å²) in [4.78, 5) is 32.9. The number of ether oxygens (including phenoxy) is 2. The zero-order valence-electron chi connectivity index (χ0n) is 19.7. The maximum atomic E-state index is 14.6. The largest absolute Gasteiger partial charge is 0.416 e. The number of carbonyl (C=O) groups excluding carboxylic acids is 2. The summed E-state index contributed by atoms with van der Waals surface area (Å²) < 4.78 is 80.5. The first-order valence-corrected chi connectivity index (χ1v) is 11.0. The van der Waals surface area contributed by atoms with Crippen LogP contribution in [0.1, 0.15) is 32.0 Å². The average molecular weight is 534 g/mol. The van der Waals surface area contributed by atoms with Gasteiger partial charge in [0, 0.05) is 18.8 Å². The first-order valence-electron chi connectivity index (χ1n) is 10.7. The lowest BCUT2D eigenvalue weighted by Crippen LogP contribution is -2.51. The highest BCUT2D eigenvalue weighted by molar-refractivity contribution is 6.31. The quantitative estimate of drug-likeness (QED) is 0.425. The van der Waals surface area contributed by atoms with Gasteiger partial charge in [0.05, 0.1) is 16.3 Å². The lowest BCUT2D eigenvalue weighted by atomic mass is 9.97. The van der Waals surface area contributed by atoms with Crippen LogP contribution in [0.5, 0.6) is 0 Å². The van der Waals surface area contributed by atoms with E-state index in [0.717, 1.165) is 29.0 Å². The fourth-order valence-corrected chi connectivity index (χ4v) is 4.71. The third kappa shape index (κ3) is 4.20. The Bertz CT molecular complexity index is 1270. The number of benzene rings is 1. The molecule has 2 aromatic rings. The van der Waals surface area contributed by atoms with Crippen LogP contribution in [0.4, 0.5) is 33.5 Å². The number of fused-ring (bicyclic) bond motifs is 1. The van der Waals surface area contributed by atoms with Gasteiger partial charge >= 0.3 is 6.18 Å². The van der Waals surface area contributed by atoms with E-state index in [-0.39, 0.29) is 5.69 Å². The molecule has 1 aromatic heterocycles. The Kier molecular flexibility index (Phi) is 6.09. The Morgan fingerprint density at radius 3 is 2.39 bits per heavy atom. The topological polar surface area (TPSA) is 72.0 Å². The maximum Gasteiger partial charge on any atom is 0.416 e. The summed E-state index contributed by atoms with van der Waals surface area (Å²) in [5, 5.41) is -0.466. The molecule has 0 bridgehead atoms. The number of pyridine rings is 1. The molecule has 1 aromatic carbocycles. The maximum absolute atomic E-state index is 14.6. The van der Waals surface area contributed by atoms with Crippen molar-refractivity contribution in [2.45, 2.75) is 57.4 Å². The van der Waals surface area contributed by atoms with Crippen molar-refractivity contribution in [3.63, 3.8) is 0 Å². The van der Waals surface area contributed by atoms with Crippen molar-refractivity contribution < 1.29 is 41.0 Å². The van der Waals surface area contributed by atoms with Crippen LogP contribution in [-0.4, -0.2) is 47.4 Å². The van der Waals surface area contributed by atoms with Gasteiger partial charge in [0.2, 0.25) is 0 Å². The smallest absolute Gasteiger partial charge is 0.341 e. The molecule has 7 nitrogen and oxygen atoms in total. The predicted molar refractivity (Wildman–Crippen MR) is 118 cm³/mol. The van der Waals surface area contributed by atoms with E-state index < -0.39 is 75.3 Å². The first kappa shape index (κ1) is 26.2. The third-order valence-corrected chi connectivity index (χ3v) is 6.36. The van der Waals surface area contributed by atoms with E-state index in [4.69, 9.17) is 21.1 Å². The second kappa shape index (κ2) is 8.35. The second-order valence-electron chi connectivity index (χ2n) is 9.24. The van der Waals surface area contributed by atoms with Gasteiger partial charge in [-0.2, -0.15) is 13.2 Å². The summed E-state index contributed by atoms with van der Waals surface area (Å²) in [6, 6.07) is 1.19. The van der Waals surface area contributed by atoms with Gasteiger partial charge in [0.15, 0.2) is 11.4 Å². The number of rotatable bonds is 3. The molecule has 0 spiro atoms. The zero-order chi connectivity index (χ0) is 27.0. The van der Waals surface area contributed by atoms with Crippen molar-refractivity contribution in [3.05, 3.63) is 52.2 Å². The number of halogens is 6. The molecular formula is C23H21ClF5N3O4. The minimum Gasteiger partial charge on any atom is -0.341 e. The molecule has 36 heavy (non-hydrogen) atoms. The number of anilines is 2. The van der Waals surface area contributed by atoms with Gasteiger partial charge in [0.25, 0.3) is 11.8 Å². The highest BCUT2D eigenvalue weighted by Crippen LogP contribution is 2.47. The van der Waals surface area contributed by atoms with Gasteiger partial charge in [-0.3, -0.25) is 14.5 Å². The van der Waals surface area contributed by atoms with Gasteiger partial charge < -0.3 is 14.4 Å². The number of amides is 2. The monoisotopic (exact) mass is 533 g/mol. The van der Waals surface area contributed by atoms with E-state index >= 15 is 0 Å².